The molecule has 0 amide bonds. The third-order valence-electron chi connectivity index (χ3n) is 6.68. The second-order valence-electron chi connectivity index (χ2n) is 12.9. The molecular formula is C46H70ClN13O10S4. The van der Waals surface area contributed by atoms with Crippen LogP contribution in [0.2, 0.25) is 0 Å². The number of carbonyl (C=O) groups is 1. The standard InChI is InChI=1S/C12H18N2O4S.C6H3ClN2O2S.C6H9N3O2S.C6H5N3O2S.C6H5N3.5C2H6/c1-12(2,3)18-11(15)7-5-9-4-6-10(8-14-9)19(13,16)17;7-12(10,11)6-2-1-5(3-8)9-4-6;2*7-3-5-1-2-6(4-9-5)12(8,10)11;7-3-6-2-1-5(8)4-9-6;5*1-2/h4,6,8H,5,7H2,1-3H3,(H2,13,16,17);1-2,4H;1-2,4H,3,7H2,(H2,8,10,11);1-2,4H,(H2,8,10,11);1-2,4H,8H2;5*1-2H3. The fraction of sp³-hybridized carbons (Fsp3) is 0.370. The van der Waals surface area contributed by atoms with E-state index in [-0.39, 0.29) is 49.9 Å². The number of anilines is 1. The Morgan fingerprint density at radius 1 is 0.527 bits per heavy atom. The van der Waals surface area contributed by atoms with Crippen molar-refractivity contribution < 1.29 is 43.2 Å². The van der Waals surface area contributed by atoms with Crippen LogP contribution in [0.25, 0.3) is 0 Å². The van der Waals surface area contributed by atoms with Crippen molar-refractivity contribution in [3.05, 3.63) is 120 Å². The number of nitrogens with two attached hydrogens (primary N) is 5. The van der Waals surface area contributed by atoms with Crippen LogP contribution in [-0.4, -0.2) is 70.2 Å². The molecule has 0 radical (unpaired) electrons. The quantitative estimate of drug-likeness (QED) is 0.0835. The summed E-state index contributed by atoms with van der Waals surface area (Å²) in [6, 6.07) is 19.5. The minimum Gasteiger partial charge on any atom is -0.460 e. The van der Waals surface area contributed by atoms with E-state index in [0.29, 0.717) is 29.2 Å². The number of hydrogen-bond donors (Lipinski definition) is 5. The summed E-state index contributed by atoms with van der Waals surface area (Å²) < 4.78 is 91.4. The highest BCUT2D eigenvalue weighted by Gasteiger charge is 2.16. The maximum atomic E-state index is 11.5. The van der Waals surface area contributed by atoms with E-state index in [4.69, 9.17) is 58.1 Å². The van der Waals surface area contributed by atoms with Crippen LogP contribution in [0.4, 0.5) is 5.69 Å². The number of sulfonamides is 3. The lowest BCUT2D eigenvalue weighted by atomic mass is 10.2. The second kappa shape index (κ2) is 40.8. The summed E-state index contributed by atoms with van der Waals surface area (Å²) in [5, 5.41) is 39.6. The van der Waals surface area contributed by atoms with Gasteiger partial charge >= 0.3 is 5.97 Å². The molecule has 74 heavy (non-hydrogen) atoms. The zero-order valence-electron chi connectivity index (χ0n) is 43.8. The second-order valence-corrected chi connectivity index (χ2v) is 20.2. The van der Waals surface area contributed by atoms with Gasteiger partial charge in [-0.1, -0.05) is 69.2 Å². The molecule has 0 aliphatic carbocycles. The Hall–Kier alpha value is -6.58. The maximum Gasteiger partial charge on any atom is 0.306 e. The lowest BCUT2D eigenvalue weighted by molar-refractivity contribution is -0.154. The number of halogens is 1. The van der Waals surface area contributed by atoms with Gasteiger partial charge < -0.3 is 16.2 Å². The first-order valence-electron chi connectivity index (χ1n) is 22.2. The monoisotopic (exact) mass is 1130 g/mol. The number of nitriles is 3. The maximum absolute atomic E-state index is 11.5. The van der Waals surface area contributed by atoms with Gasteiger partial charge in [0.2, 0.25) is 30.1 Å². The van der Waals surface area contributed by atoms with E-state index in [2.05, 4.69) is 24.9 Å². The van der Waals surface area contributed by atoms with Crippen molar-refractivity contribution in [2.75, 3.05) is 5.73 Å². The number of nitrogens with zero attached hydrogens (tertiary/aromatic N) is 8. The highest BCUT2D eigenvalue weighted by molar-refractivity contribution is 8.13. The molecule has 0 unspecified atom stereocenters. The van der Waals surface area contributed by atoms with Gasteiger partial charge in [-0.15, -0.1) is 0 Å². The van der Waals surface area contributed by atoms with E-state index in [1.807, 2.05) is 75.3 Å². The third kappa shape index (κ3) is 37.2. The molecule has 0 aliphatic rings. The Morgan fingerprint density at radius 2 is 0.838 bits per heavy atom. The van der Waals surface area contributed by atoms with Crippen molar-refractivity contribution in [3.63, 3.8) is 0 Å². The summed E-state index contributed by atoms with van der Waals surface area (Å²) in [6.07, 6.45) is 6.50. The van der Waals surface area contributed by atoms with E-state index in [1.165, 1.54) is 67.1 Å². The Balaban J connectivity index is -0.000000261. The van der Waals surface area contributed by atoms with Crippen LogP contribution >= 0.6 is 10.7 Å². The number of aromatic nitrogens is 5. The molecule has 0 bridgehead atoms. The number of nitrogen functional groups attached to an aromatic ring is 1. The molecule has 410 valence electrons. The number of rotatable bonds is 8. The van der Waals surface area contributed by atoms with E-state index < -0.39 is 44.7 Å². The molecule has 5 heterocycles. The number of carbonyl (C=O) groups excluding carboxylic acids is 1. The zero-order valence-corrected chi connectivity index (χ0v) is 47.9. The first kappa shape index (κ1) is 76.3. The van der Waals surface area contributed by atoms with Crippen molar-refractivity contribution in [2.45, 2.75) is 135 Å². The molecule has 10 N–H and O–H groups in total. The number of esters is 1. The Bertz CT molecular complexity index is 2830. The highest BCUT2D eigenvalue weighted by Crippen LogP contribution is 2.13. The van der Waals surface area contributed by atoms with E-state index in [9.17, 15) is 38.5 Å². The van der Waals surface area contributed by atoms with E-state index in [0.717, 1.165) is 12.4 Å². The number of primary sulfonamides is 3. The first-order chi connectivity index (χ1) is 34.5. The van der Waals surface area contributed by atoms with Gasteiger partial charge in [0.15, 0.2) is 0 Å². The van der Waals surface area contributed by atoms with Crippen molar-refractivity contribution in [1.82, 2.24) is 24.9 Å². The Morgan fingerprint density at radius 3 is 1.08 bits per heavy atom. The summed E-state index contributed by atoms with van der Waals surface area (Å²) in [4.78, 5) is 29.8. The van der Waals surface area contributed by atoms with Gasteiger partial charge in [-0.2, -0.15) is 15.8 Å². The molecule has 5 aromatic rings. The van der Waals surface area contributed by atoms with Crippen LogP contribution in [-0.2, 0) is 61.6 Å². The predicted octanol–water partition coefficient (Wildman–Crippen LogP) is 6.34. The largest absolute Gasteiger partial charge is 0.460 e. The SMILES string of the molecule is CC.CC.CC.CC.CC.CC(C)(C)OC(=O)CCc1ccc(S(N)(=O)=O)cn1.N#Cc1ccc(N)cn1.N#Cc1ccc(S(=O)(=O)Cl)cn1.N#Cc1ccc(S(N)(=O)=O)cn1.NCc1ccc(S(N)(=O)=O)cn1. The minimum absolute atomic E-state index is 0.000278. The molecule has 0 spiro atoms. The lowest BCUT2D eigenvalue weighted by Gasteiger charge is -2.19. The first-order valence-corrected chi connectivity index (χ1v) is 29.2. The molecular weight excluding hydrogens is 1060 g/mol. The summed E-state index contributed by atoms with van der Waals surface area (Å²) in [5.74, 6) is -0.315. The zero-order chi connectivity index (χ0) is 58.9. The van der Waals surface area contributed by atoms with Crippen LogP contribution in [0.5, 0.6) is 0 Å². The van der Waals surface area contributed by atoms with Crippen molar-refractivity contribution in [3.8, 4) is 18.2 Å². The van der Waals surface area contributed by atoms with Crippen molar-refractivity contribution in [2.24, 2.45) is 21.2 Å². The molecule has 0 saturated heterocycles. The Labute approximate surface area is 442 Å². The number of hydrogen-bond acceptors (Lipinski definition) is 20. The number of pyridine rings is 5. The molecule has 0 saturated carbocycles. The average molecular weight is 1130 g/mol. The van der Waals surface area contributed by atoms with Gasteiger partial charge in [0, 0.05) is 54.1 Å². The summed E-state index contributed by atoms with van der Waals surface area (Å²) in [7, 11) is -9.78. The van der Waals surface area contributed by atoms with Crippen LogP contribution < -0.4 is 26.9 Å². The molecule has 5 aromatic heterocycles. The Kier molecular flexibility index (Phi) is 42.1. The molecule has 0 aromatic carbocycles. The van der Waals surface area contributed by atoms with Crippen LogP contribution in [0.1, 0.15) is 125 Å². The fourth-order valence-corrected chi connectivity index (χ4v) is 5.78. The minimum atomic E-state index is -3.73. The van der Waals surface area contributed by atoms with Crippen LogP contribution in [0, 0.1) is 34.0 Å². The molecule has 0 fully saturated rings. The topological polar surface area (TPSA) is 429 Å². The third-order valence-corrected chi connectivity index (χ3v) is 10.7. The smallest absolute Gasteiger partial charge is 0.306 e. The van der Waals surface area contributed by atoms with Gasteiger partial charge in [0.05, 0.1) is 24.0 Å². The van der Waals surface area contributed by atoms with Gasteiger partial charge in [-0.3, -0.25) is 14.8 Å². The van der Waals surface area contributed by atoms with Gasteiger partial charge in [0.1, 0.15) is 60.5 Å². The molecule has 0 aliphatic heterocycles. The predicted molar refractivity (Wildman–Crippen MR) is 286 cm³/mol. The van der Waals surface area contributed by atoms with Crippen molar-refractivity contribution >= 4 is 61.5 Å². The van der Waals surface area contributed by atoms with E-state index in [1.54, 1.807) is 45.0 Å². The summed E-state index contributed by atoms with van der Waals surface area (Å²) in [6.45, 7) is 25.7. The summed E-state index contributed by atoms with van der Waals surface area (Å²) >= 11 is 0. The van der Waals surface area contributed by atoms with Gasteiger partial charge in [-0.05, 0) is 81.4 Å². The number of ether oxygens (including phenoxy) is 1. The molecule has 5 rings (SSSR count). The highest BCUT2D eigenvalue weighted by atomic mass is 35.7. The molecule has 28 heteroatoms. The number of aryl methyl sites for hydroxylation is 1. The average Bonchev–Trinajstić information content (AvgIpc) is 3.38. The van der Waals surface area contributed by atoms with E-state index >= 15 is 0 Å². The molecule has 0 atom stereocenters. The van der Waals surface area contributed by atoms with Crippen LogP contribution in [0.15, 0.2) is 111 Å². The normalized spacial score (nSPS) is 9.88. The van der Waals surface area contributed by atoms with Crippen LogP contribution in [0.3, 0.4) is 0 Å². The van der Waals surface area contributed by atoms with Gasteiger partial charge in [-0.25, -0.2) is 64.0 Å². The van der Waals surface area contributed by atoms with Gasteiger partial charge in [0.25, 0.3) is 9.05 Å². The summed E-state index contributed by atoms with van der Waals surface area (Å²) in [5.41, 5.74) is 12.6. The lowest BCUT2D eigenvalue weighted by Crippen LogP contribution is -2.24. The van der Waals surface area contributed by atoms with Crippen molar-refractivity contribution in [1.29, 1.82) is 15.8 Å². The fourth-order valence-electron chi connectivity index (χ4n) is 3.73. The molecule has 23 nitrogen and oxygen atoms in total.